The van der Waals surface area contributed by atoms with E-state index in [1.54, 1.807) is 18.2 Å². The predicted octanol–water partition coefficient (Wildman–Crippen LogP) is 4.20. The summed E-state index contributed by atoms with van der Waals surface area (Å²) in [6.07, 6.45) is 12.6. The summed E-state index contributed by atoms with van der Waals surface area (Å²) in [6.45, 7) is 2.83. The number of rotatable bonds is 9. The molecule has 1 aliphatic carbocycles. The maximum absolute atomic E-state index is 13.1. The number of imide groups is 2. The fourth-order valence-electron chi connectivity index (χ4n) is 7.69. The molecule has 5 heterocycles. The summed E-state index contributed by atoms with van der Waals surface area (Å²) >= 11 is 0. The van der Waals surface area contributed by atoms with Crippen LogP contribution in [0.15, 0.2) is 55.0 Å². The van der Waals surface area contributed by atoms with Gasteiger partial charge in [-0.15, -0.1) is 0 Å². The monoisotopic (exact) mass is 646 g/mol. The van der Waals surface area contributed by atoms with Gasteiger partial charge in [0.1, 0.15) is 6.04 Å². The number of aromatic nitrogens is 4. The Bertz CT molecular complexity index is 1930. The summed E-state index contributed by atoms with van der Waals surface area (Å²) in [4.78, 5) is 60.7. The molecule has 12 heteroatoms. The number of anilines is 1. The molecule has 3 N–H and O–H groups in total. The molecule has 3 aliphatic heterocycles. The minimum absolute atomic E-state index is 0.0986. The highest BCUT2D eigenvalue weighted by molar-refractivity contribution is 6.23. The second-order valence-electron chi connectivity index (χ2n) is 13.5. The summed E-state index contributed by atoms with van der Waals surface area (Å²) in [5.41, 5.74) is 6.40. The zero-order chi connectivity index (χ0) is 32.8. The van der Waals surface area contributed by atoms with E-state index in [4.69, 9.17) is 9.97 Å². The predicted molar refractivity (Wildman–Crippen MR) is 178 cm³/mol. The van der Waals surface area contributed by atoms with E-state index in [1.165, 1.54) is 5.56 Å². The van der Waals surface area contributed by atoms with Crippen molar-refractivity contribution in [2.45, 2.75) is 69.4 Å². The van der Waals surface area contributed by atoms with Gasteiger partial charge < -0.3 is 10.6 Å². The van der Waals surface area contributed by atoms with Crippen LogP contribution in [0.25, 0.3) is 22.3 Å². The molecule has 246 valence electrons. The van der Waals surface area contributed by atoms with Crippen LogP contribution in [0.2, 0.25) is 0 Å². The highest BCUT2D eigenvalue weighted by Gasteiger charge is 2.44. The first-order valence-corrected chi connectivity index (χ1v) is 17.0. The zero-order valence-corrected chi connectivity index (χ0v) is 26.7. The van der Waals surface area contributed by atoms with Crippen LogP contribution in [0.3, 0.4) is 0 Å². The Morgan fingerprint density at radius 3 is 2.60 bits per heavy atom. The van der Waals surface area contributed by atoms with Crippen molar-refractivity contribution in [2.24, 2.45) is 5.92 Å². The molecule has 0 spiro atoms. The van der Waals surface area contributed by atoms with Gasteiger partial charge in [-0.2, -0.15) is 5.10 Å². The number of nitrogens with one attached hydrogen (secondary N) is 3. The molecule has 1 unspecified atom stereocenters. The average molecular weight is 647 g/mol. The van der Waals surface area contributed by atoms with Crippen molar-refractivity contribution in [1.29, 1.82) is 0 Å². The highest BCUT2D eigenvalue weighted by Crippen LogP contribution is 2.41. The first kappa shape index (κ1) is 30.4. The number of benzene rings is 2. The van der Waals surface area contributed by atoms with Crippen LogP contribution in [0.5, 0.6) is 0 Å². The van der Waals surface area contributed by atoms with Gasteiger partial charge in [-0.1, -0.05) is 12.1 Å². The van der Waals surface area contributed by atoms with E-state index in [0.717, 1.165) is 91.0 Å². The van der Waals surface area contributed by atoms with Crippen LogP contribution >= 0.6 is 0 Å². The normalized spacial score (nSPS) is 22.9. The van der Waals surface area contributed by atoms with Gasteiger partial charge in [0.15, 0.2) is 0 Å². The van der Waals surface area contributed by atoms with Crippen LogP contribution < -0.4 is 16.0 Å². The lowest BCUT2D eigenvalue weighted by Crippen LogP contribution is -2.54. The lowest BCUT2D eigenvalue weighted by atomic mass is 9.77. The Hall–Kier alpha value is -4.97. The smallest absolute Gasteiger partial charge is 0.262 e. The number of carbonyl (C=O) groups is 4. The molecule has 2 aromatic heterocycles. The molecular weight excluding hydrogens is 608 g/mol. The molecule has 4 amide bonds. The maximum atomic E-state index is 13.1. The first-order valence-electron chi connectivity index (χ1n) is 17.0. The molecule has 2 aromatic carbocycles. The number of hydrogen-bond donors (Lipinski definition) is 3. The van der Waals surface area contributed by atoms with Gasteiger partial charge in [-0.25, -0.2) is 4.98 Å². The lowest BCUT2D eigenvalue weighted by Gasteiger charge is -2.35. The third kappa shape index (κ3) is 5.63. The van der Waals surface area contributed by atoms with Gasteiger partial charge in [-0.3, -0.25) is 39.1 Å². The van der Waals surface area contributed by atoms with Gasteiger partial charge >= 0.3 is 0 Å². The summed E-state index contributed by atoms with van der Waals surface area (Å²) in [7, 11) is 0. The summed E-state index contributed by atoms with van der Waals surface area (Å²) < 4.78 is 2.07. The number of fused-ring (bicyclic) bond motifs is 2. The number of para-hydroxylation sites is 1. The fraction of sp³-hybridized carbons (Fsp3) is 0.417. The van der Waals surface area contributed by atoms with Gasteiger partial charge in [0.25, 0.3) is 11.8 Å². The standard InChI is InChI=1S/C36H38N8O4/c45-32-9-8-31(34(46)42-32)44-35(47)27-7-6-24(17-28(27)36(44)48)38-12-2-3-21-15-25(16-21)43-20-23(18-40-43)30-19-39-33-26(4-1-5-29(33)41-30)22-10-13-37-14-11-22/h1,4-7,17-22,25,31,37-38H,2-3,8-16H2,(H,42,45,46)/t21-,25-,31?. The van der Waals surface area contributed by atoms with Gasteiger partial charge in [0, 0.05) is 30.4 Å². The first-order chi connectivity index (χ1) is 23.4. The Morgan fingerprint density at radius 2 is 1.77 bits per heavy atom. The second-order valence-corrected chi connectivity index (χ2v) is 13.5. The SMILES string of the molecule is O=C1CCC(N2C(=O)c3ccc(NCCC[C@H]4C[C@H](n5cc(-c6cnc7c(C8CCNCC8)cccc7n6)cn5)C4)cc3C2=O)C(=O)N1. The molecule has 8 rings (SSSR count). The molecule has 1 saturated carbocycles. The van der Waals surface area contributed by atoms with Crippen molar-refractivity contribution in [3.05, 3.63) is 71.7 Å². The van der Waals surface area contributed by atoms with Crippen LogP contribution in [-0.4, -0.2) is 74.0 Å². The molecular formula is C36H38N8O4. The van der Waals surface area contributed by atoms with Crippen LogP contribution in [-0.2, 0) is 9.59 Å². The van der Waals surface area contributed by atoms with Gasteiger partial charge in [-0.05, 0) is 99.7 Å². The quantitative estimate of drug-likeness (QED) is 0.180. The molecule has 0 bridgehead atoms. The number of hydrogen-bond acceptors (Lipinski definition) is 9. The van der Waals surface area contributed by atoms with Crippen LogP contribution in [0, 0.1) is 5.92 Å². The maximum Gasteiger partial charge on any atom is 0.262 e. The van der Waals surface area contributed by atoms with E-state index < -0.39 is 23.8 Å². The van der Waals surface area contributed by atoms with Crippen molar-refractivity contribution < 1.29 is 19.2 Å². The van der Waals surface area contributed by atoms with E-state index in [2.05, 4.69) is 50.1 Å². The van der Waals surface area contributed by atoms with E-state index in [-0.39, 0.29) is 29.9 Å². The number of piperidine rings is 2. The Balaban J connectivity index is 0.820. The van der Waals surface area contributed by atoms with E-state index in [0.29, 0.717) is 17.9 Å². The molecule has 4 aliphatic rings. The molecule has 1 atom stereocenters. The minimum Gasteiger partial charge on any atom is -0.385 e. The largest absolute Gasteiger partial charge is 0.385 e. The molecule has 48 heavy (non-hydrogen) atoms. The Labute approximate surface area is 277 Å². The van der Waals surface area contributed by atoms with Crippen molar-refractivity contribution in [1.82, 2.24) is 35.3 Å². The second kappa shape index (κ2) is 12.6. The Kier molecular flexibility index (Phi) is 7.95. The summed E-state index contributed by atoms with van der Waals surface area (Å²) in [5.74, 6) is -0.834. The van der Waals surface area contributed by atoms with Gasteiger partial charge in [0.05, 0.1) is 46.3 Å². The molecule has 3 fully saturated rings. The van der Waals surface area contributed by atoms with Crippen molar-refractivity contribution in [2.75, 3.05) is 25.0 Å². The van der Waals surface area contributed by atoms with Crippen molar-refractivity contribution in [3.8, 4) is 11.3 Å². The number of nitrogens with zero attached hydrogens (tertiary/aromatic N) is 5. The van der Waals surface area contributed by atoms with Crippen LogP contribution in [0.4, 0.5) is 5.69 Å². The third-order valence-corrected chi connectivity index (χ3v) is 10.4. The van der Waals surface area contributed by atoms with Crippen LogP contribution in [0.1, 0.15) is 89.6 Å². The third-order valence-electron chi connectivity index (χ3n) is 10.4. The summed E-state index contributed by atoms with van der Waals surface area (Å²) in [6, 6.07) is 10.9. The Morgan fingerprint density at radius 1 is 0.938 bits per heavy atom. The highest BCUT2D eigenvalue weighted by atomic mass is 16.2. The molecule has 2 saturated heterocycles. The van der Waals surface area contributed by atoms with E-state index in [9.17, 15) is 19.2 Å². The molecule has 0 radical (unpaired) electrons. The topological polar surface area (TPSA) is 151 Å². The molecule has 12 nitrogen and oxygen atoms in total. The fourth-order valence-corrected chi connectivity index (χ4v) is 7.69. The molecule has 4 aromatic rings. The summed E-state index contributed by atoms with van der Waals surface area (Å²) in [5, 5.41) is 13.7. The van der Waals surface area contributed by atoms with Crippen molar-refractivity contribution >= 4 is 40.3 Å². The number of carbonyl (C=O) groups excluding carboxylic acids is 4. The average Bonchev–Trinajstić information content (AvgIpc) is 3.66. The van der Waals surface area contributed by atoms with E-state index in [1.807, 2.05) is 12.4 Å². The van der Waals surface area contributed by atoms with Crippen molar-refractivity contribution in [3.63, 3.8) is 0 Å². The minimum atomic E-state index is -0.962. The van der Waals surface area contributed by atoms with E-state index >= 15 is 0 Å². The number of amides is 4. The lowest BCUT2D eigenvalue weighted by molar-refractivity contribution is -0.136. The van der Waals surface area contributed by atoms with Gasteiger partial charge in [0.2, 0.25) is 11.8 Å². The zero-order valence-electron chi connectivity index (χ0n) is 26.7.